The topological polar surface area (TPSA) is 92.3 Å². The molecule has 0 saturated carbocycles. The molecule has 3 aromatic rings. The van der Waals surface area contributed by atoms with Crippen molar-refractivity contribution < 1.29 is 9.53 Å². The number of hydrogen-bond acceptors (Lipinski definition) is 5. The third kappa shape index (κ3) is 5.11. The average Bonchev–Trinajstić information content (AvgIpc) is 3.01. The van der Waals surface area contributed by atoms with Crippen LogP contribution in [-0.4, -0.2) is 28.5 Å². The molecular formula is C23H23N5O2. The summed E-state index contributed by atoms with van der Waals surface area (Å²) in [5, 5.41) is 17.7. The number of hydrazone groups is 1. The van der Waals surface area contributed by atoms with Crippen molar-refractivity contribution in [3.05, 3.63) is 82.2 Å². The number of benzene rings is 2. The van der Waals surface area contributed by atoms with Gasteiger partial charge in [-0.3, -0.25) is 9.48 Å². The van der Waals surface area contributed by atoms with Crippen LogP contribution in [0.3, 0.4) is 0 Å². The Morgan fingerprint density at radius 3 is 2.67 bits per heavy atom. The summed E-state index contributed by atoms with van der Waals surface area (Å²) in [6.45, 7) is 6.37. The van der Waals surface area contributed by atoms with Gasteiger partial charge >= 0.3 is 0 Å². The monoisotopic (exact) mass is 401 g/mol. The highest BCUT2D eigenvalue weighted by Gasteiger charge is 2.11. The molecule has 1 aromatic heterocycles. The van der Waals surface area contributed by atoms with Crippen LogP contribution in [0.15, 0.2) is 53.6 Å². The molecule has 0 fully saturated rings. The Kier molecular flexibility index (Phi) is 6.60. The number of carbonyl (C=O) groups is 1. The van der Waals surface area contributed by atoms with E-state index < -0.39 is 5.91 Å². The molecule has 7 heteroatoms. The molecular weight excluding hydrogens is 378 g/mol. The van der Waals surface area contributed by atoms with Crippen molar-refractivity contribution in [1.82, 2.24) is 15.2 Å². The molecule has 3 rings (SSSR count). The molecule has 0 aliphatic rings. The second kappa shape index (κ2) is 9.52. The first-order valence-electron chi connectivity index (χ1n) is 9.51. The fourth-order valence-electron chi connectivity index (χ4n) is 2.95. The van der Waals surface area contributed by atoms with Crippen molar-refractivity contribution in [3.63, 3.8) is 0 Å². The molecule has 7 nitrogen and oxygen atoms in total. The molecule has 0 spiro atoms. The fourth-order valence-corrected chi connectivity index (χ4v) is 2.95. The van der Waals surface area contributed by atoms with E-state index in [9.17, 15) is 4.79 Å². The minimum atomic E-state index is -0.415. The number of rotatable bonds is 7. The third-order valence-corrected chi connectivity index (χ3v) is 4.64. The van der Waals surface area contributed by atoms with Gasteiger partial charge in [-0.1, -0.05) is 42.0 Å². The van der Waals surface area contributed by atoms with E-state index in [2.05, 4.69) is 46.8 Å². The smallest absolute Gasteiger partial charge is 0.277 e. The van der Waals surface area contributed by atoms with E-state index in [0.717, 1.165) is 22.5 Å². The molecule has 1 heterocycles. The van der Waals surface area contributed by atoms with E-state index in [1.807, 2.05) is 24.6 Å². The van der Waals surface area contributed by atoms with E-state index in [1.165, 1.54) is 5.56 Å². The van der Waals surface area contributed by atoms with Gasteiger partial charge in [0.25, 0.3) is 5.91 Å². The molecule has 0 radical (unpaired) electrons. The summed E-state index contributed by atoms with van der Waals surface area (Å²) >= 11 is 0. The molecule has 30 heavy (non-hydrogen) atoms. The Hall–Kier alpha value is -3.92. The maximum Gasteiger partial charge on any atom is 0.277 e. The first kappa shape index (κ1) is 20.8. The van der Waals surface area contributed by atoms with E-state index in [1.54, 1.807) is 30.5 Å². The number of amides is 1. The van der Waals surface area contributed by atoms with Gasteiger partial charge in [0.1, 0.15) is 11.8 Å². The van der Waals surface area contributed by atoms with Gasteiger partial charge in [0.05, 0.1) is 24.0 Å². The molecule has 0 unspecified atom stereocenters. The van der Waals surface area contributed by atoms with Crippen LogP contribution >= 0.6 is 0 Å². The minimum Gasteiger partial charge on any atom is -0.482 e. The molecule has 2 aromatic carbocycles. The lowest BCUT2D eigenvalue weighted by molar-refractivity contribution is -0.123. The first-order chi connectivity index (χ1) is 14.5. The molecule has 0 atom stereocenters. The standard InChI is InChI=1S/C23H23N5O2/c1-16-8-10-19(11-9-16)14-28-18(3)21(17(2)27-28)13-25-26-23(29)15-30-22-7-5-4-6-20(22)12-24/h4-11,13H,14-15H2,1-3H3,(H,26,29)/b25-13-. The number of nitriles is 1. The van der Waals surface area contributed by atoms with Gasteiger partial charge in [-0.15, -0.1) is 0 Å². The van der Waals surface area contributed by atoms with Gasteiger partial charge in [0, 0.05) is 11.3 Å². The molecule has 0 aliphatic carbocycles. The molecule has 0 saturated heterocycles. The van der Waals surface area contributed by atoms with Gasteiger partial charge in [0.15, 0.2) is 6.61 Å². The number of nitrogens with zero attached hydrogens (tertiary/aromatic N) is 4. The Morgan fingerprint density at radius 1 is 1.20 bits per heavy atom. The number of aryl methyl sites for hydroxylation is 2. The SMILES string of the molecule is Cc1ccc(Cn2nc(C)c(/C=N\NC(=O)COc3ccccc3C#N)c2C)cc1. The van der Waals surface area contributed by atoms with E-state index in [0.29, 0.717) is 17.9 Å². The molecule has 0 bridgehead atoms. The van der Waals surface area contributed by atoms with Crippen molar-refractivity contribution in [1.29, 1.82) is 5.26 Å². The third-order valence-electron chi connectivity index (χ3n) is 4.64. The zero-order valence-electron chi connectivity index (χ0n) is 17.2. The number of hydrogen-bond donors (Lipinski definition) is 1. The summed E-state index contributed by atoms with van der Waals surface area (Å²) in [4.78, 5) is 12.0. The van der Waals surface area contributed by atoms with Crippen LogP contribution in [0.4, 0.5) is 0 Å². The highest BCUT2D eigenvalue weighted by Crippen LogP contribution is 2.16. The summed E-state index contributed by atoms with van der Waals surface area (Å²) in [6.07, 6.45) is 1.59. The van der Waals surface area contributed by atoms with E-state index >= 15 is 0 Å². The Labute approximate surface area is 175 Å². The van der Waals surface area contributed by atoms with Gasteiger partial charge in [-0.2, -0.15) is 15.5 Å². The quantitative estimate of drug-likeness (QED) is 0.486. The summed E-state index contributed by atoms with van der Waals surface area (Å²) in [7, 11) is 0. The van der Waals surface area contributed by atoms with Crippen molar-refractivity contribution in [2.45, 2.75) is 27.3 Å². The largest absolute Gasteiger partial charge is 0.482 e. The highest BCUT2D eigenvalue weighted by molar-refractivity contribution is 5.84. The lowest BCUT2D eigenvalue weighted by Crippen LogP contribution is -2.24. The van der Waals surface area contributed by atoms with Crippen LogP contribution in [0.25, 0.3) is 0 Å². The lowest BCUT2D eigenvalue weighted by atomic mass is 10.1. The van der Waals surface area contributed by atoms with E-state index in [-0.39, 0.29) is 6.61 Å². The number of nitrogens with one attached hydrogen (secondary N) is 1. The number of aromatic nitrogens is 2. The van der Waals surface area contributed by atoms with Gasteiger partial charge in [-0.05, 0) is 38.5 Å². The maximum atomic E-state index is 12.0. The van der Waals surface area contributed by atoms with Crippen LogP contribution in [0.1, 0.15) is 33.6 Å². The zero-order valence-corrected chi connectivity index (χ0v) is 17.2. The molecule has 152 valence electrons. The molecule has 1 amide bonds. The molecule has 0 aliphatic heterocycles. The number of carbonyl (C=O) groups excluding carboxylic acids is 1. The van der Waals surface area contributed by atoms with Crippen LogP contribution in [0.2, 0.25) is 0 Å². The predicted octanol–water partition coefficient (Wildman–Crippen LogP) is 3.26. The summed E-state index contributed by atoms with van der Waals surface area (Å²) in [5.41, 5.74) is 7.86. The number of para-hydroxylation sites is 1. The second-order valence-corrected chi connectivity index (χ2v) is 6.92. The van der Waals surface area contributed by atoms with Gasteiger partial charge < -0.3 is 4.74 Å². The summed E-state index contributed by atoms with van der Waals surface area (Å²) in [6, 6.07) is 17.1. The normalized spacial score (nSPS) is 10.7. The maximum absolute atomic E-state index is 12.0. The van der Waals surface area contributed by atoms with Gasteiger partial charge in [0.2, 0.25) is 0 Å². The van der Waals surface area contributed by atoms with Gasteiger partial charge in [-0.25, -0.2) is 5.43 Å². The van der Waals surface area contributed by atoms with Crippen LogP contribution in [0.5, 0.6) is 5.75 Å². The molecule has 1 N–H and O–H groups in total. The minimum absolute atomic E-state index is 0.235. The highest BCUT2D eigenvalue weighted by atomic mass is 16.5. The second-order valence-electron chi connectivity index (χ2n) is 6.92. The fraction of sp³-hybridized carbons (Fsp3) is 0.217. The van der Waals surface area contributed by atoms with Crippen molar-refractivity contribution in [3.8, 4) is 11.8 Å². The Balaban J connectivity index is 1.59. The van der Waals surface area contributed by atoms with E-state index in [4.69, 9.17) is 10.00 Å². The predicted molar refractivity (Wildman–Crippen MR) is 114 cm³/mol. The Bertz CT molecular complexity index is 1110. The summed E-state index contributed by atoms with van der Waals surface area (Å²) < 4.78 is 7.32. The Morgan fingerprint density at radius 2 is 1.93 bits per heavy atom. The van der Waals surface area contributed by atoms with Crippen LogP contribution < -0.4 is 10.2 Å². The summed E-state index contributed by atoms with van der Waals surface area (Å²) in [5.74, 6) is -0.0513. The average molecular weight is 401 g/mol. The van der Waals surface area contributed by atoms with Crippen molar-refractivity contribution in [2.24, 2.45) is 5.10 Å². The van der Waals surface area contributed by atoms with Crippen LogP contribution in [-0.2, 0) is 11.3 Å². The first-order valence-corrected chi connectivity index (χ1v) is 9.51. The number of ether oxygens (including phenoxy) is 1. The zero-order chi connectivity index (χ0) is 21.5. The van der Waals surface area contributed by atoms with Crippen molar-refractivity contribution in [2.75, 3.05) is 6.61 Å². The van der Waals surface area contributed by atoms with Crippen molar-refractivity contribution >= 4 is 12.1 Å². The lowest BCUT2D eigenvalue weighted by Gasteiger charge is -2.06. The van der Waals surface area contributed by atoms with Crippen LogP contribution in [0, 0.1) is 32.1 Å².